The van der Waals surface area contributed by atoms with Gasteiger partial charge in [-0.15, -0.1) is 0 Å². The van der Waals surface area contributed by atoms with Gasteiger partial charge in [0.15, 0.2) is 0 Å². The molecule has 0 amide bonds. The van der Waals surface area contributed by atoms with Gasteiger partial charge in [-0.2, -0.15) is 0 Å². The van der Waals surface area contributed by atoms with Crippen molar-refractivity contribution in [1.29, 1.82) is 0 Å². The van der Waals surface area contributed by atoms with Gasteiger partial charge in [-0.05, 0) is 13.5 Å². The summed E-state index contributed by atoms with van der Waals surface area (Å²) < 4.78 is 0. The zero-order valence-corrected chi connectivity index (χ0v) is 7.38. The molecule has 0 spiro atoms. The Morgan fingerprint density at radius 3 is 2.31 bits per heavy atom. The maximum absolute atomic E-state index is 10.5. The molecule has 0 aromatic rings. The summed E-state index contributed by atoms with van der Waals surface area (Å²) in [7, 11) is 1.78. The van der Waals surface area contributed by atoms with Crippen LogP contribution >= 0.6 is 0 Å². The smallest absolute Gasteiger partial charge is 0.320 e. The summed E-state index contributed by atoms with van der Waals surface area (Å²) in [5, 5.41) is 15.5. The van der Waals surface area contributed by atoms with Gasteiger partial charge in [-0.3, -0.25) is 14.5 Å². The van der Waals surface area contributed by atoms with Crippen LogP contribution in [0.2, 0.25) is 0 Å². The van der Waals surface area contributed by atoms with E-state index in [0.29, 0.717) is 13.0 Å². The molecule has 0 bridgehead atoms. The number of carboxylic acids is 1. The van der Waals surface area contributed by atoms with Crippen LogP contribution in [0.1, 0.15) is 6.42 Å². The molecule has 6 heteroatoms. The van der Waals surface area contributed by atoms with E-state index in [0.717, 1.165) is 0 Å². The van der Waals surface area contributed by atoms with Crippen LogP contribution < -0.4 is 5.73 Å². The highest BCUT2D eigenvalue weighted by Gasteiger charge is 2.31. The first-order chi connectivity index (χ1) is 6.02. The fourth-order valence-corrected chi connectivity index (χ4v) is 1.33. The van der Waals surface area contributed by atoms with Gasteiger partial charge in [-0.25, -0.2) is 0 Å². The molecule has 1 heterocycles. The van der Waals surface area contributed by atoms with E-state index < -0.39 is 5.97 Å². The molecule has 1 aliphatic heterocycles. The Labute approximate surface area is 75.9 Å². The zero-order chi connectivity index (χ0) is 10.4. The third kappa shape index (κ3) is 3.86. The van der Waals surface area contributed by atoms with Crippen molar-refractivity contribution in [2.75, 3.05) is 13.6 Å². The molecule has 6 nitrogen and oxygen atoms in total. The number of aliphatic carboxylic acids is 1. The number of carbonyl (C=O) groups is 2. The topological polar surface area (TPSA) is 104 Å². The van der Waals surface area contributed by atoms with Crippen molar-refractivity contribution in [3.05, 3.63) is 0 Å². The van der Waals surface area contributed by atoms with Crippen LogP contribution in [0.15, 0.2) is 0 Å². The number of likely N-dealkylation sites (N-methyl/N-ethyl adjacent to an activating group) is 1. The van der Waals surface area contributed by atoms with Gasteiger partial charge in [0.1, 0.15) is 6.04 Å². The lowest BCUT2D eigenvalue weighted by Crippen LogP contribution is -2.32. The highest BCUT2D eigenvalue weighted by Crippen LogP contribution is 2.13. The second-order valence-corrected chi connectivity index (χ2v) is 2.89. The quantitative estimate of drug-likeness (QED) is 0.449. The van der Waals surface area contributed by atoms with E-state index in [1.165, 1.54) is 0 Å². The average Bonchev–Trinajstić information content (AvgIpc) is 2.31. The van der Waals surface area contributed by atoms with E-state index >= 15 is 0 Å². The normalized spacial score (nSPS) is 27.5. The average molecular weight is 190 g/mol. The standard InChI is InChI=1S/C6H12N2O2.CH2O2/c1-8-3-4(7)2-5(8)6(9)10;2-1-3/h4-5H,2-3,7H2,1H3,(H,9,10);1H,(H,2,3)/t4?,5-;/m0./s1. The van der Waals surface area contributed by atoms with Gasteiger partial charge in [0.2, 0.25) is 0 Å². The van der Waals surface area contributed by atoms with E-state index in [2.05, 4.69) is 0 Å². The van der Waals surface area contributed by atoms with Crippen LogP contribution in [-0.2, 0) is 9.59 Å². The Balaban J connectivity index is 0.000000424. The SMILES string of the molecule is CN1CC(N)C[C@H]1C(=O)O.O=CO. The Bertz CT molecular complexity index is 185. The number of nitrogens with two attached hydrogens (primary N) is 1. The van der Waals surface area contributed by atoms with E-state index in [9.17, 15) is 4.79 Å². The molecule has 0 aliphatic carbocycles. The molecule has 1 rings (SSSR count). The third-order valence-electron chi connectivity index (χ3n) is 1.87. The minimum Gasteiger partial charge on any atom is -0.483 e. The summed E-state index contributed by atoms with van der Waals surface area (Å²) in [6.07, 6.45) is 0.575. The molecule has 1 unspecified atom stereocenters. The zero-order valence-electron chi connectivity index (χ0n) is 7.38. The van der Waals surface area contributed by atoms with Gasteiger partial charge in [0.05, 0.1) is 0 Å². The summed E-state index contributed by atoms with van der Waals surface area (Å²) in [4.78, 5) is 20.6. The van der Waals surface area contributed by atoms with Gasteiger partial charge >= 0.3 is 5.97 Å². The Hall–Kier alpha value is -1.14. The molecule has 1 aliphatic rings. The minimum atomic E-state index is -0.768. The number of rotatable bonds is 1. The van der Waals surface area contributed by atoms with Gasteiger partial charge in [0, 0.05) is 12.6 Å². The summed E-state index contributed by atoms with van der Waals surface area (Å²) in [6, 6.07) is -0.332. The number of hydrogen-bond acceptors (Lipinski definition) is 4. The molecule has 4 N–H and O–H groups in total. The highest BCUT2D eigenvalue weighted by molar-refractivity contribution is 5.73. The van der Waals surface area contributed by atoms with Gasteiger partial charge in [0.25, 0.3) is 6.47 Å². The van der Waals surface area contributed by atoms with Crippen LogP contribution in [0.4, 0.5) is 0 Å². The molecule has 0 saturated carbocycles. The predicted octanol–water partition coefficient (Wildman–Crippen LogP) is -1.20. The molecule has 1 saturated heterocycles. The Morgan fingerprint density at radius 2 is 2.15 bits per heavy atom. The molecule has 0 aromatic heterocycles. The molecular weight excluding hydrogens is 176 g/mol. The lowest BCUT2D eigenvalue weighted by molar-refractivity contribution is -0.141. The first kappa shape index (κ1) is 11.9. The van der Waals surface area contributed by atoms with E-state index in [1.807, 2.05) is 0 Å². The lowest BCUT2D eigenvalue weighted by Gasteiger charge is -2.12. The third-order valence-corrected chi connectivity index (χ3v) is 1.87. The van der Waals surface area contributed by atoms with Crippen molar-refractivity contribution in [2.45, 2.75) is 18.5 Å². The fraction of sp³-hybridized carbons (Fsp3) is 0.714. The fourth-order valence-electron chi connectivity index (χ4n) is 1.33. The number of nitrogens with zero attached hydrogens (tertiary/aromatic N) is 1. The van der Waals surface area contributed by atoms with Crippen molar-refractivity contribution < 1.29 is 19.8 Å². The first-order valence-corrected chi connectivity index (χ1v) is 3.79. The summed E-state index contributed by atoms with van der Waals surface area (Å²) >= 11 is 0. The maximum atomic E-state index is 10.5. The Morgan fingerprint density at radius 1 is 1.69 bits per heavy atom. The molecule has 0 aromatic carbocycles. The molecule has 0 radical (unpaired) electrons. The highest BCUT2D eigenvalue weighted by atomic mass is 16.4. The molecule has 13 heavy (non-hydrogen) atoms. The predicted molar refractivity (Wildman–Crippen MR) is 45.3 cm³/mol. The summed E-state index contributed by atoms with van der Waals surface area (Å²) in [5.74, 6) is -0.768. The molecular formula is C7H14N2O4. The summed E-state index contributed by atoms with van der Waals surface area (Å²) in [6.45, 7) is 0.441. The second kappa shape index (κ2) is 5.50. The number of carboxylic acid groups (broad SMARTS) is 2. The minimum absolute atomic E-state index is 0.0334. The number of hydrogen-bond donors (Lipinski definition) is 3. The van der Waals surface area contributed by atoms with Crippen LogP contribution in [-0.4, -0.2) is 53.2 Å². The maximum Gasteiger partial charge on any atom is 0.320 e. The van der Waals surface area contributed by atoms with Crippen molar-refractivity contribution in [3.8, 4) is 0 Å². The van der Waals surface area contributed by atoms with E-state index in [1.54, 1.807) is 11.9 Å². The molecule has 2 atom stereocenters. The van der Waals surface area contributed by atoms with Crippen molar-refractivity contribution in [2.24, 2.45) is 5.73 Å². The second-order valence-electron chi connectivity index (χ2n) is 2.89. The van der Waals surface area contributed by atoms with Gasteiger partial charge < -0.3 is 15.9 Å². The van der Waals surface area contributed by atoms with Crippen LogP contribution in [0.5, 0.6) is 0 Å². The Kier molecular flexibility index (Phi) is 5.01. The summed E-state index contributed by atoms with van der Waals surface area (Å²) in [5.41, 5.74) is 5.55. The van der Waals surface area contributed by atoms with Crippen LogP contribution in [0.25, 0.3) is 0 Å². The monoisotopic (exact) mass is 190 g/mol. The van der Waals surface area contributed by atoms with Crippen LogP contribution in [0, 0.1) is 0 Å². The van der Waals surface area contributed by atoms with E-state index in [4.69, 9.17) is 20.7 Å². The van der Waals surface area contributed by atoms with Crippen molar-refractivity contribution in [3.63, 3.8) is 0 Å². The molecule has 1 fully saturated rings. The first-order valence-electron chi connectivity index (χ1n) is 3.79. The number of likely N-dealkylation sites (tertiary alicyclic amines) is 1. The largest absolute Gasteiger partial charge is 0.483 e. The van der Waals surface area contributed by atoms with E-state index in [-0.39, 0.29) is 18.6 Å². The molecule has 76 valence electrons. The lowest BCUT2D eigenvalue weighted by atomic mass is 10.2. The van der Waals surface area contributed by atoms with Crippen molar-refractivity contribution >= 4 is 12.4 Å². The van der Waals surface area contributed by atoms with Crippen molar-refractivity contribution in [1.82, 2.24) is 4.90 Å². The van der Waals surface area contributed by atoms with Crippen LogP contribution in [0.3, 0.4) is 0 Å². The van der Waals surface area contributed by atoms with Gasteiger partial charge in [-0.1, -0.05) is 0 Å².